The lowest BCUT2D eigenvalue weighted by Crippen LogP contribution is -2.43. The van der Waals surface area contributed by atoms with Crippen molar-refractivity contribution in [3.05, 3.63) is 45.6 Å². The third-order valence-corrected chi connectivity index (χ3v) is 3.74. The van der Waals surface area contributed by atoms with Gasteiger partial charge in [0.1, 0.15) is 24.2 Å². The van der Waals surface area contributed by atoms with Crippen molar-refractivity contribution in [3.63, 3.8) is 0 Å². The van der Waals surface area contributed by atoms with Gasteiger partial charge in [0.25, 0.3) is 0 Å². The van der Waals surface area contributed by atoms with E-state index >= 15 is 0 Å². The van der Waals surface area contributed by atoms with Crippen LogP contribution in [0.3, 0.4) is 0 Å². The van der Waals surface area contributed by atoms with Crippen LogP contribution in [0.15, 0.2) is 30.5 Å². The highest BCUT2D eigenvalue weighted by Crippen LogP contribution is 2.30. The van der Waals surface area contributed by atoms with Gasteiger partial charge in [0.2, 0.25) is 0 Å². The number of hydrogen-bond donors (Lipinski definition) is 0. The Morgan fingerprint density at radius 3 is 2.91 bits per heavy atom. The Morgan fingerprint density at radius 2 is 2.23 bits per heavy atom. The van der Waals surface area contributed by atoms with E-state index in [0.29, 0.717) is 30.3 Å². The van der Waals surface area contributed by atoms with E-state index in [2.05, 4.69) is 4.98 Å². The molecule has 8 heteroatoms. The second kappa shape index (κ2) is 5.49. The molecule has 1 atom stereocenters. The largest absolute Gasteiger partial charge is 0.489 e. The molecule has 116 valence electrons. The van der Waals surface area contributed by atoms with Gasteiger partial charge < -0.3 is 19.6 Å². The van der Waals surface area contributed by atoms with Gasteiger partial charge in [0.15, 0.2) is 0 Å². The molecule has 1 unspecified atom stereocenters. The first-order chi connectivity index (χ1) is 10.5. The van der Waals surface area contributed by atoms with Crippen molar-refractivity contribution in [3.8, 4) is 11.8 Å². The first-order valence-corrected chi connectivity index (χ1v) is 7.12. The van der Waals surface area contributed by atoms with Crippen LogP contribution in [-0.2, 0) is 6.54 Å². The van der Waals surface area contributed by atoms with Crippen LogP contribution in [0.5, 0.6) is 11.8 Å². The molecule has 22 heavy (non-hydrogen) atoms. The monoisotopic (exact) mass is 323 g/mol. The molecule has 2 aromatic rings. The van der Waals surface area contributed by atoms with Gasteiger partial charge in [-0.25, -0.2) is 0 Å². The lowest BCUT2D eigenvalue weighted by atomic mass is 10.0. The zero-order valence-corrected chi connectivity index (χ0v) is 12.6. The van der Waals surface area contributed by atoms with Crippen LogP contribution >= 0.6 is 11.6 Å². The van der Waals surface area contributed by atoms with Crippen LogP contribution in [0.2, 0.25) is 5.02 Å². The average molecular weight is 324 g/mol. The third-order valence-electron chi connectivity index (χ3n) is 3.49. The van der Waals surface area contributed by atoms with E-state index in [1.165, 1.54) is 6.20 Å². The predicted octanol–water partition coefficient (Wildman–Crippen LogP) is 3.06. The Kier molecular flexibility index (Phi) is 3.66. The SMILES string of the molecule is CC1(COc2ccc(Cl)cc2)CCn2cc([N+](=O)[O-])nc2O1. The predicted molar refractivity (Wildman–Crippen MR) is 79.5 cm³/mol. The number of imidazole rings is 1. The fourth-order valence-electron chi connectivity index (χ4n) is 2.21. The minimum atomic E-state index is -0.588. The molecule has 0 fully saturated rings. The van der Waals surface area contributed by atoms with Crippen LogP contribution in [0.1, 0.15) is 13.3 Å². The normalized spacial score (nSPS) is 20.1. The number of rotatable bonds is 4. The van der Waals surface area contributed by atoms with E-state index in [1.807, 2.05) is 6.92 Å². The van der Waals surface area contributed by atoms with Gasteiger partial charge in [0, 0.05) is 23.0 Å². The Bertz CT molecular complexity index is 701. The first kappa shape index (κ1) is 14.6. The maximum absolute atomic E-state index is 10.8. The number of aromatic nitrogens is 2. The molecule has 0 saturated carbocycles. The molecule has 1 aliphatic heterocycles. The topological polar surface area (TPSA) is 79.4 Å². The molecule has 0 spiro atoms. The van der Waals surface area contributed by atoms with Gasteiger partial charge in [-0.2, -0.15) is 0 Å². The summed E-state index contributed by atoms with van der Waals surface area (Å²) < 4.78 is 13.2. The van der Waals surface area contributed by atoms with Gasteiger partial charge in [-0.1, -0.05) is 11.6 Å². The molecule has 0 bridgehead atoms. The van der Waals surface area contributed by atoms with E-state index < -0.39 is 10.5 Å². The van der Waals surface area contributed by atoms with E-state index in [-0.39, 0.29) is 11.8 Å². The summed E-state index contributed by atoms with van der Waals surface area (Å²) in [5.74, 6) is 0.479. The number of hydrogen-bond acceptors (Lipinski definition) is 5. The standard InChI is InChI=1S/C14H14ClN3O4/c1-14(9-21-11-4-2-10(15)3-5-11)6-7-17-8-12(18(19)20)16-13(17)22-14/h2-5,8H,6-7,9H2,1H3. The van der Waals surface area contributed by atoms with Gasteiger partial charge in [-0.05, 0) is 36.1 Å². The molecule has 0 amide bonds. The van der Waals surface area contributed by atoms with Gasteiger partial charge in [-0.15, -0.1) is 0 Å². The number of benzene rings is 1. The van der Waals surface area contributed by atoms with Crippen molar-refractivity contribution in [1.82, 2.24) is 9.55 Å². The van der Waals surface area contributed by atoms with Gasteiger partial charge in [-0.3, -0.25) is 4.57 Å². The van der Waals surface area contributed by atoms with Crippen LogP contribution in [-0.4, -0.2) is 26.7 Å². The van der Waals surface area contributed by atoms with Crippen molar-refractivity contribution < 1.29 is 14.4 Å². The van der Waals surface area contributed by atoms with Crippen molar-refractivity contribution in [2.75, 3.05) is 6.61 Å². The molecule has 1 aromatic heterocycles. The maximum atomic E-state index is 10.8. The molecule has 0 radical (unpaired) electrons. The third kappa shape index (κ3) is 2.99. The molecule has 7 nitrogen and oxygen atoms in total. The maximum Gasteiger partial charge on any atom is 0.414 e. The van der Waals surface area contributed by atoms with Gasteiger partial charge >= 0.3 is 11.8 Å². The van der Waals surface area contributed by atoms with Crippen molar-refractivity contribution in [1.29, 1.82) is 0 Å². The Hall–Kier alpha value is -2.28. The minimum absolute atomic E-state index is 0.210. The Morgan fingerprint density at radius 1 is 1.50 bits per heavy atom. The van der Waals surface area contributed by atoms with Crippen LogP contribution in [0.25, 0.3) is 0 Å². The number of aryl methyl sites for hydroxylation is 1. The lowest BCUT2D eigenvalue weighted by molar-refractivity contribution is -0.389. The summed E-state index contributed by atoms with van der Waals surface area (Å²) in [5.41, 5.74) is -0.588. The van der Waals surface area contributed by atoms with Crippen molar-refractivity contribution >= 4 is 17.4 Å². The summed E-state index contributed by atoms with van der Waals surface area (Å²) in [4.78, 5) is 14.1. The summed E-state index contributed by atoms with van der Waals surface area (Å²) in [6.07, 6.45) is 2.05. The zero-order chi connectivity index (χ0) is 15.7. The second-order valence-corrected chi connectivity index (χ2v) is 5.81. The molecule has 1 aliphatic rings. The summed E-state index contributed by atoms with van der Waals surface area (Å²) in [6.45, 7) is 2.80. The van der Waals surface area contributed by atoms with Crippen LogP contribution < -0.4 is 9.47 Å². The fraction of sp³-hybridized carbons (Fsp3) is 0.357. The van der Waals surface area contributed by atoms with E-state index in [1.54, 1.807) is 28.8 Å². The van der Waals surface area contributed by atoms with Crippen molar-refractivity contribution in [2.24, 2.45) is 0 Å². The molecular weight excluding hydrogens is 310 g/mol. The van der Waals surface area contributed by atoms with E-state index in [4.69, 9.17) is 21.1 Å². The van der Waals surface area contributed by atoms with Crippen LogP contribution in [0, 0.1) is 10.1 Å². The first-order valence-electron chi connectivity index (χ1n) is 6.74. The average Bonchev–Trinajstić information content (AvgIpc) is 2.90. The van der Waals surface area contributed by atoms with Crippen LogP contribution in [0.4, 0.5) is 5.82 Å². The van der Waals surface area contributed by atoms with E-state index in [0.717, 1.165) is 0 Å². The highest BCUT2D eigenvalue weighted by molar-refractivity contribution is 6.30. The number of nitrogens with zero attached hydrogens (tertiary/aromatic N) is 3. The molecular formula is C14H14ClN3O4. The fourth-order valence-corrected chi connectivity index (χ4v) is 2.34. The lowest BCUT2D eigenvalue weighted by Gasteiger charge is -2.32. The molecule has 2 heterocycles. The van der Waals surface area contributed by atoms with E-state index in [9.17, 15) is 10.1 Å². The highest BCUT2D eigenvalue weighted by Gasteiger charge is 2.37. The quantitative estimate of drug-likeness (QED) is 0.638. The summed E-state index contributed by atoms with van der Waals surface area (Å²) >= 11 is 5.83. The number of ether oxygens (including phenoxy) is 2. The number of nitro groups is 1. The smallest absolute Gasteiger partial charge is 0.414 e. The second-order valence-electron chi connectivity index (χ2n) is 5.38. The zero-order valence-electron chi connectivity index (χ0n) is 11.9. The molecule has 3 rings (SSSR count). The molecule has 0 aliphatic carbocycles. The Labute approximate surface area is 131 Å². The molecule has 1 aromatic carbocycles. The number of halogens is 1. The van der Waals surface area contributed by atoms with Gasteiger partial charge in [0.05, 0.1) is 0 Å². The summed E-state index contributed by atoms with van der Waals surface area (Å²) in [6, 6.07) is 7.30. The number of fused-ring (bicyclic) bond motifs is 1. The van der Waals surface area contributed by atoms with Crippen molar-refractivity contribution in [2.45, 2.75) is 25.5 Å². The molecule has 0 N–H and O–H groups in total. The summed E-state index contributed by atoms with van der Waals surface area (Å²) in [5, 5.41) is 11.4. The Balaban J connectivity index is 1.69. The molecule has 0 saturated heterocycles. The summed E-state index contributed by atoms with van der Waals surface area (Å²) in [7, 11) is 0. The highest BCUT2D eigenvalue weighted by atomic mass is 35.5. The minimum Gasteiger partial charge on any atom is -0.489 e.